The van der Waals surface area contributed by atoms with Crippen molar-refractivity contribution in [1.29, 1.82) is 0 Å². The van der Waals surface area contributed by atoms with Gasteiger partial charge in [0.15, 0.2) is 0 Å². The minimum Gasteiger partial charge on any atom is -0.0648 e. The third-order valence-electron chi connectivity index (χ3n) is 5.85. The molecule has 1 atom stereocenters. The van der Waals surface area contributed by atoms with E-state index in [0.29, 0.717) is 5.92 Å². The van der Waals surface area contributed by atoms with Crippen LogP contribution in [0, 0.1) is 13.8 Å². The molecule has 0 saturated heterocycles. The van der Waals surface area contributed by atoms with Gasteiger partial charge in [-0.15, -0.1) is 0 Å². The first-order valence-electron chi connectivity index (χ1n) is 9.62. The lowest BCUT2D eigenvalue weighted by Gasteiger charge is -2.16. The van der Waals surface area contributed by atoms with E-state index in [-0.39, 0.29) is 0 Å². The molecule has 0 aliphatic rings. The van der Waals surface area contributed by atoms with E-state index >= 15 is 0 Å². The SMILES string of the molecule is CCC(C)c1ccc2c(ccc3c(-c4ccccc4C)c(C)ccc32)c1. The molecule has 1 unspecified atom stereocenters. The molecule has 0 saturated carbocycles. The molecule has 4 aromatic carbocycles. The van der Waals surface area contributed by atoms with Crippen LogP contribution in [0.5, 0.6) is 0 Å². The van der Waals surface area contributed by atoms with Crippen LogP contribution in [-0.4, -0.2) is 0 Å². The maximum absolute atomic E-state index is 2.37. The predicted octanol–water partition coefficient (Wildman–Crippen LogP) is 7.79. The van der Waals surface area contributed by atoms with Crippen molar-refractivity contribution < 1.29 is 0 Å². The van der Waals surface area contributed by atoms with Crippen LogP contribution in [-0.2, 0) is 0 Å². The molecule has 0 spiro atoms. The Bertz CT molecular complexity index is 1100. The van der Waals surface area contributed by atoms with Crippen LogP contribution in [0.4, 0.5) is 0 Å². The summed E-state index contributed by atoms with van der Waals surface area (Å²) in [6.45, 7) is 8.98. The Balaban J connectivity index is 2.02. The van der Waals surface area contributed by atoms with E-state index in [2.05, 4.69) is 94.4 Å². The Labute approximate surface area is 156 Å². The van der Waals surface area contributed by atoms with Crippen LogP contribution >= 0.6 is 0 Å². The summed E-state index contributed by atoms with van der Waals surface area (Å²) in [7, 11) is 0. The van der Waals surface area contributed by atoms with E-state index in [1.54, 1.807) is 0 Å². The first kappa shape index (κ1) is 16.8. The third kappa shape index (κ3) is 2.70. The molecule has 0 amide bonds. The van der Waals surface area contributed by atoms with Crippen molar-refractivity contribution in [3.63, 3.8) is 0 Å². The Morgan fingerprint density at radius 2 is 1.46 bits per heavy atom. The lowest BCUT2D eigenvalue weighted by atomic mass is 9.88. The highest BCUT2D eigenvalue weighted by Gasteiger charge is 2.12. The van der Waals surface area contributed by atoms with Crippen LogP contribution in [0.15, 0.2) is 66.7 Å². The zero-order chi connectivity index (χ0) is 18.3. The van der Waals surface area contributed by atoms with Gasteiger partial charge in [0.05, 0.1) is 0 Å². The molecular weight excluding hydrogens is 312 g/mol. The monoisotopic (exact) mass is 338 g/mol. The molecule has 0 fully saturated rings. The van der Waals surface area contributed by atoms with Crippen LogP contribution in [0.25, 0.3) is 32.7 Å². The minimum atomic E-state index is 0.607. The van der Waals surface area contributed by atoms with Crippen LogP contribution < -0.4 is 0 Å². The summed E-state index contributed by atoms with van der Waals surface area (Å²) < 4.78 is 0. The second-order valence-corrected chi connectivity index (χ2v) is 7.52. The van der Waals surface area contributed by atoms with E-state index in [1.165, 1.54) is 55.8 Å². The van der Waals surface area contributed by atoms with Crippen molar-refractivity contribution in [2.45, 2.75) is 40.0 Å². The lowest BCUT2D eigenvalue weighted by molar-refractivity contribution is 0.735. The van der Waals surface area contributed by atoms with Crippen LogP contribution in [0.3, 0.4) is 0 Å². The van der Waals surface area contributed by atoms with E-state index in [9.17, 15) is 0 Å². The highest BCUT2D eigenvalue weighted by atomic mass is 14.2. The fraction of sp³-hybridized carbons (Fsp3) is 0.231. The molecule has 0 nitrogen and oxygen atoms in total. The van der Waals surface area contributed by atoms with Gasteiger partial charge in [-0.3, -0.25) is 0 Å². The van der Waals surface area contributed by atoms with Crippen molar-refractivity contribution in [2.75, 3.05) is 0 Å². The van der Waals surface area contributed by atoms with Gasteiger partial charge in [0.1, 0.15) is 0 Å². The quantitative estimate of drug-likeness (QED) is 0.334. The molecule has 4 rings (SSSR count). The van der Waals surface area contributed by atoms with Crippen molar-refractivity contribution in [2.24, 2.45) is 0 Å². The second-order valence-electron chi connectivity index (χ2n) is 7.52. The topological polar surface area (TPSA) is 0 Å². The van der Waals surface area contributed by atoms with Gasteiger partial charge in [0, 0.05) is 0 Å². The Kier molecular flexibility index (Phi) is 4.28. The Morgan fingerprint density at radius 1 is 0.731 bits per heavy atom. The molecule has 0 aromatic heterocycles. The van der Waals surface area contributed by atoms with Gasteiger partial charge in [0.2, 0.25) is 0 Å². The Hall–Kier alpha value is -2.60. The first-order chi connectivity index (χ1) is 12.6. The summed E-state index contributed by atoms with van der Waals surface area (Å²) in [5, 5.41) is 5.39. The number of rotatable bonds is 3. The molecule has 0 N–H and O–H groups in total. The average molecular weight is 338 g/mol. The van der Waals surface area contributed by atoms with Crippen molar-refractivity contribution in [3.05, 3.63) is 83.4 Å². The van der Waals surface area contributed by atoms with E-state index in [1.807, 2.05) is 0 Å². The molecule has 0 bridgehead atoms. The number of fused-ring (bicyclic) bond motifs is 3. The molecule has 4 aromatic rings. The largest absolute Gasteiger partial charge is 0.0648 e. The van der Waals surface area contributed by atoms with Gasteiger partial charge in [-0.25, -0.2) is 0 Å². The van der Waals surface area contributed by atoms with Crippen LogP contribution in [0.2, 0.25) is 0 Å². The number of aryl methyl sites for hydroxylation is 2. The molecule has 0 aliphatic heterocycles. The zero-order valence-corrected chi connectivity index (χ0v) is 16.1. The Morgan fingerprint density at radius 3 is 2.23 bits per heavy atom. The van der Waals surface area contributed by atoms with Crippen molar-refractivity contribution in [3.8, 4) is 11.1 Å². The van der Waals surface area contributed by atoms with Gasteiger partial charge < -0.3 is 0 Å². The molecule has 26 heavy (non-hydrogen) atoms. The van der Waals surface area contributed by atoms with Crippen LogP contribution in [0.1, 0.15) is 42.9 Å². The summed E-state index contributed by atoms with van der Waals surface area (Å²) in [6, 6.07) is 24.9. The predicted molar refractivity (Wildman–Crippen MR) is 115 cm³/mol. The maximum atomic E-state index is 2.37. The van der Waals surface area contributed by atoms with Gasteiger partial charge in [-0.2, -0.15) is 0 Å². The van der Waals surface area contributed by atoms with E-state index in [0.717, 1.165) is 0 Å². The summed E-state index contributed by atoms with van der Waals surface area (Å²) in [5.41, 5.74) is 6.81. The minimum absolute atomic E-state index is 0.607. The first-order valence-corrected chi connectivity index (χ1v) is 9.62. The van der Waals surface area contributed by atoms with Crippen molar-refractivity contribution in [1.82, 2.24) is 0 Å². The number of hydrogen-bond acceptors (Lipinski definition) is 0. The zero-order valence-electron chi connectivity index (χ0n) is 16.1. The van der Waals surface area contributed by atoms with Gasteiger partial charge in [-0.05, 0) is 75.5 Å². The number of benzene rings is 4. The molecular formula is C26H26. The fourth-order valence-corrected chi connectivity index (χ4v) is 4.03. The summed E-state index contributed by atoms with van der Waals surface area (Å²) >= 11 is 0. The van der Waals surface area contributed by atoms with Gasteiger partial charge in [0.25, 0.3) is 0 Å². The summed E-state index contributed by atoms with van der Waals surface area (Å²) in [4.78, 5) is 0. The fourth-order valence-electron chi connectivity index (χ4n) is 4.03. The molecule has 0 heterocycles. The van der Waals surface area contributed by atoms with Crippen molar-refractivity contribution >= 4 is 21.5 Å². The highest BCUT2D eigenvalue weighted by Crippen LogP contribution is 2.37. The van der Waals surface area contributed by atoms with E-state index in [4.69, 9.17) is 0 Å². The molecule has 0 heteroatoms. The second kappa shape index (κ2) is 6.61. The highest BCUT2D eigenvalue weighted by molar-refractivity contribution is 6.13. The summed E-state index contributed by atoms with van der Waals surface area (Å²) in [6.07, 6.45) is 1.18. The molecule has 0 aliphatic carbocycles. The standard InChI is InChI=1S/C26H26/c1-5-17(2)20-11-14-23-21(16-20)12-15-25-24(23)13-10-19(4)26(25)22-9-7-6-8-18(22)3/h6-17H,5H2,1-4H3. The normalized spacial score (nSPS) is 12.6. The molecule has 0 radical (unpaired) electrons. The van der Waals surface area contributed by atoms with E-state index < -0.39 is 0 Å². The maximum Gasteiger partial charge on any atom is -0.00732 e. The summed E-state index contributed by atoms with van der Waals surface area (Å²) in [5.74, 6) is 0.607. The average Bonchev–Trinajstić information content (AvgIpc) is 2.67. The van der Waals surface area contributed by atoms with Gasteiger partial charge in [-0.1, -0.05) is 80.6 Å². The number of hydrogen-bond donors (Lipinski definition) is 0. The third-order valence-corrected chi connectivity index (χ3v) is 5.85. The van der Waals surface area contributed by atoms with Gasteiger partial charge >= 0.3 is 0 Å². The lowest BCUT2D eigenvalue weighted by Crippen LogP contribution is -1.92. The molecule has 130 valence electrons. The smallest absolute Gasteiger partial charge is 0.00732 e.